The van der Waals surface area contributed by atoms with Crippen molar-refractivity contribution in [2.75, 3.05) is 27.4 Å². The van der Waals surface area contributed by atoms with Crippen LogP contribution in [0.4, 0.5) is 4.79 Å². The summed E-state index contributed by atoms with van der Waals surface area (Å²) in [6.45, 7) is 2.40. The Hall–Kier alpha value is -2.93. The molecule has 1 aliphatic heterocycles. The smallest absolute Gasteiger partial charge is 0.293 e. The standard InChI is InChI=1S/C21H21NO5S/c1-14-5-4-6-17(11-14)27-10-9-22-20(23)19(28-21(22)24)12-15-7-8-16(25-2)13-18(15)26-3/h4-8,11-13H,9-10H2,1-3H3/b19-12-. The number of hydrogen-bond donors (Lipinski definition) is 0. The Morgan fingerprint density at radius 2 is 1.86 bits per heavy atom. The van der Waals surface area contributed by atoms with Crippen molar-refractivity contribution in [3.05, 3.63) is 58.5 Å². The fourth-order valence-corrected chi connectivity index (χ4v) is 3.59. The summed E-state index contributed by atoms with van der Waals surface area (Å²) in [5.74, 6) is 1.59. The molecule has 2 aromatic carbocycles. The molecule has 7 heteroatoms. The molecular weight excluding hydrogens is 378 g/mol. The molecule has 0 spiro atoms. The van der Waals surface area contributed by atoms with Gasteiger partial charge in [-0.2, -0.15) is 0 Å². The third-order valence-electron chi connectivity index (χ3n) is 4.17. The minimum Gasteiger partial charge on any atom is -0.497 e. The minimum absolute atomic E-state index is 0.190. The lowest BCUT2D eigenvalue weighted by Gasteiger charge is -2.13. The predicted molar refractivity (Wildman–Crippen MR) is 109 cm³/mol. The minimum atomic E-state index is -0.333. The summed E-state index contributed by atoms with van der Waals surface area (Å²) in [4.78, 5) is 26.4. The van der Waals surface area contributed by atoms with E-state index in [0.717, 1.165) is 17.3 Å². The Morgan fingerprint density at radius 1 is 1.04 bits per heavy atom. The van der Waals surface area contributed by atoms with E-state index in [1.54, 1.807) is 38.5 Å². The maximum Gasteiger partial charge on any atom is 0.293 e. The zero-order chi connectivity index (χ0) is 20.1. The lowest BCUT2D eigenvalue weighted by Crippen LogP contribution is -2.32. The summed E-state index contributed by atoms with van der Waals surface area (Å²) >= 11 is 0.911. The number of thioether (sulfide) groups is 1. The average molecular weight is 399 g/mol. The summed E-state index contributed by atoms with van der Waals surface area (Å²) in [5, 5.41) is -0.309. The fraction of sp³-hybridized carbons (Fsp3) is 0.238. The van der Waals surface area contributed by atoms with Crippen LogP contribution in [0.5, 0.6) is 17.2 Å². The molecule has 6 nitrogen and oxygen atoms in total. The normalized spacial score (nSPS) is 15.2. The van der Waals surface area contributed by atoms with Gasteiger partial charge >= 0.3 is 0 Å². The first kappa shape index (κ1) is 19.8. The van der Waals surface area contributed by atoms with Gasteiger partial charge in [-0.05, 0) is 54.6 Å². The summed E-state index contributed by atoms with van der Waals surface area (Å²) in [6.07, 6.45) is 1.66. The molecule has 146 valence electrons. The Labute approximate surface area is 168 Å². The highest BCUT2D eigenvalue weighted by Gasteiger charge is 2.35. The number of carbonyl (C=O) groups is 2. The van der Waals surface area contributed by atoms with Crippen LogP contribution in [-0.4, -0.2) is 43.4 Å². The SMILES string of the molecule is COc1ccc(/C=C2\SC(=O)N(CCOc3cccc(C)c3)C2=O)c(OC)c1. The van der Waals surface area contributed by atoms with Gasteiger partial charge in [0.25, 0.3) is 11.1 Å². The number of hydrogen-bond acceptors (Lipinski definition) is 6. The summed E-state index contributed by atoms with van der Waals surface area (Å²) in [7, 11) is 3.11. The van der Waals surface area contributed by atoms with Gasteiger partial charge in [0, 0.05) is 11.6 Å². The van der Waals surface area contributed by atoms with Crippen LogP contribution in [0.3, 0.4) is 0 Å². The molecular formula is C21H21NO5S. The highest BCUT2D eigenvalue weighted by molar-refractivity contribution is 8.18. The predicted octanol–water partition coefficient (Wildman–Crippen LogP) is 4.13. The van der Waals surface area contributed by atoms with Crippen molar-refractivity contribution in [2.45, 2.75) is 6.92 Å². The lowest BCUT2D eigenvalue weighted by molar-refractivity contribution is -0.123. The van der Waals surface area contributed by atoms with E-state index in [-0.39, 0.29) is 24.3 Å². The van der Waals surface area contributed by atoms with E-state index in [1.807, 2.05) is 31.2 Å². The van der Waals surface area contributed by atoms with Gasteiger partial charge in [-0.1, -0.05) is 12.1 Å². The molecule has 0 saturated carbocycles. The van der Waals surface area contributed by atoms with Crippen LogP contribution in [0.2, 0.25) is 0 Å². The Kier molecular flexibility index (Phi) is 6.26. The molecule has 0 aromatic heterocycles. The number of benzene rings is 2. The van der Waals surface area contributed by atoms with E-state index < -0.39 is 0 Å². The topological polar surface area (TPSA) is 65.1 Å². The van der Waals surface area contributed by atoms with E-state index in [1.165, 1.54) is 4.90 Å². The Balaban J connectivity index is 1.68. The van der Waals surface area contributed by atoms with Crippen molar-refractivity contribution in [2.24, 2.45) is 0 Å². The van der Waals surface area contributed by atoms with Gasteiger partial charge in [0.2, 0.25) is 0 Å². The van der Waals surface area contributed by atoms with Crippen molar-refractivity contribution >= 4 is 29.0 Å². The molecule has 1 saturated heterocycles. The van der Waals surface area contributed by atoms with Gasteiger partial charge in [0.05, 0.1) is 25.7 Å². The zero-order valence-corrected chi connectivity index (χ0v) is 16.7. The highest BCUT2D eigenvalue weighted by Crippen LogP contribution is 2.34. The van der Waals surface area contributed by atoms with Crippen molar-refractivity contribution in [3.8, 4) is 17.2 Å². The van der Waals surface area contributed by atoms with Crippen molar-refractivity contribution in [3.63, 3.8) is 0 Å². The summed E-state index contributed by atoms with van der Waals surface area (Å²) in [5.41, 5.74) is 1.78. The molecule has 0 radical (unpaired) electrons. The molecule has 2 aromatic rings. The number of rotatable bonds is 7. The highest BCUT2D eigenvalue weighted by atomic mass is 32.2. The molecule has 0 aliphatic carbocycles. The van der Waals surface area contributed by atoms with E-state index in [0.29, 0.717) is 27.7 Å². The van der Waals surface area contributed by atoms with Gasteiger partial charge in [0.1, 0.15) is 23.9 Å². The van der Waals surface area contributed by atoms with E-state index in [9.17, 15) is 9.59 Å². The van der Waals surface area contributed by atoms with Gasteiger partial charge < -0.3 is 14.2 Å². The first-order valence-electron chi connectivity index (χ1n) is 8.68. The van der Waals surface area contributed by atoms with Crippen molar-refractivity contribution < 1.29 is 23.8 Å². The van der Waals surface area contributed by atoms with Crippen LogP contribution in [0, 0.1) is 6.92 Å². The summed E-state index contributed by atoms with van der Waals surface area (Å²) < 4.78 is 16.2. The van der Waals surface area contributed by atoms with Crippen LogP contribution in [0.25, 0.3) is 6.08 Å². The van der Waals surface area contributed by atoms with Gasteiger partial charge in [-0.15, -0.1) is 0 Å². The molecule has 3 rings (SSSR count). The first-order valence-corrected chi connectivity index (χ1v) is 9.50. The summed E-state index contributed by atoms with van der Waals surface area (Å²) in [6, 6.07) is 12.9. The number of aryl methyl sites for hydroxylation is 1. The zero-order valence-electron chi connectivity index (χ0n) is 15.9. The van der Waals surface area contributed by atoms with E-state index in [2.05, 4.69) is 0 Å². The van der Waals surface area contributed by atoms with Crippen LogP contribution in [0.1, 0.15) is 11.1 Å². The Bertz CT molecular complexity index is 925. The maximum absolute atomic E-state index is 12.6. The molecule has 2 amide bonds. The maximum atomic E-state index is 12.6. The second-order valence-corrected chi connectivity index (χ2v) is 7.10. The molecule has 0 unspecified atom stereocenters. The van der Waals surface area contributed by atoms with Crippen LogP contribution < -0.4 is 14.2 Å². The third kappa shape index (κ3) is 4.48. The fourth-order valence-electron chi connectivity index (χ4n) is 2.73. The number of ether oxygens (including phenoxy) is 3. The molecule has 0 bridgehead atoms. The van der Waals surface area contributed by atoms with Crippen LogP contribution in [-0.2, 0) is 4.79 Å². The van der Waals surface area contributed by atoms with Crippen molar-refractivity contribution in [1.29, 1.82) is 0 Å². The van der Waals surface area contributed by atoms with Crippen LogP contribution >= 0.6 is 11.8 Å². The second kappa shape index (κ2) is 8.84. The molecule has 1 aliphatic rings. The molecule has 28 heavy (non-hydrogen) atoms. The van der Waals surface area contributed by atoms with Gasteiger partial charge in [-0.25, -0.2) is 0 Å². The van der Waals surface area contributed by atoms with Gasteiger partial charge in [0.15, 0.2) is 0 Å². The first-order chi connectivity index (χ1) is 13.5. The average Bonchev–Trinajstić information content (AvgIpc) is 2.95. The number of imide groups is 1. The molecule has 0 atom stereocenters. The van der Waals surface area contributed by atoms with Crippen molar-refractivity contribution in [1.82, 2.24) is 4.90 Å². The quantitative estimate of drug-likeness (QED) is 0.653. The molecule has 1 heterocycles. The Morgan fingerprint density at radius 3 is 2.57 bits per heavy atom. The molecule has 1 fully saturated rings. The monoisotopic (exact) mass is 399 g/mol. The number of amides is 2. The van der Waals surface area contributed by atoms with E-state index in [4.69, 9.17) is 14.2 Å². The third-order valence-corrected chi connectivity index (χ3v) is 5.08. The van der Waals surface area contributed by atoms with E-state index >= 15 is 0 Å². The number of carbonyl (C=O) groups excluding carboxylic acids is 2. The second-order valence-electron chi connectivity index (χ2n) is 6.11. The number of nitrogens with zero attached hydrogens (tertiary/aromatic N) is 1. The molecule has 0 N–H and O–H groups in total. The van der Waals surface area contributed by atoms with Gasteiger partial charge in [-0.3, -0.25) is 14.5 Å². The number of methoxy groups -OCH3 is 2. The lowest BCUT2D eigenvalue weighted by atomic mass is 10.1. The van der Waals surface area contributed by atoms with Crippen LogP contribution in [0.15, 0.2) is 47.4 Å². The largest absolute Gasteiger partial charge is 0.497 e.